The minimum absolute atomic E-state index is 0.0819. The Hall–Kier alpha value is -2.28. The molecular formula is C15H18N4O2S. The number of rotatable bonds is 5. The van der Waals surface area contributed by atoms with Gasteiger partial charge in [0.15, 0.2) is 4.77 Å². The molecule has 7 heteroatoms. The van der Waals surface area contributed by atoms with Crippen molar-refractivity contribution in [1.82, 2.24) is 20.5 Å². The second kappa shape index (κ2) is 7.13. The van der Waals surface area contributed by atoms with E-state index in [2.05, 4.69) is 20.5 Å². The molecule has 3 N–H and O–H groups in total. The number of nitrogens with one attached hydrogen (secondary N) is 3. The number of aromatic amines is 2. The summed E-state index contributed by atoms with van der Waals surface area (Å²) in [6.07, 6.45) is 0.449. The van der Waals surface area contributed by atoms with E-state index in [-0.39, 0.29) is 40.8 Å². The molecule has 0 aliphatic rings. The number of hydrogen-bond donors (Lipinski definition) is 3. The number of carbonyl (C=O) groups is 1. The Balaban J connectivity index is 1.94. The predicted octanol–water partition coefficient (Wildman–Crippen LogP) is 1.95. The van der Waals surface area contributed by atoms with E-state index < -0.39 is 0 Å². The Morgan fingerprint density at radius 2 is 2.14 bits per heavy atom. The van der Waals surface area contributed by atoms with E-state index in [0.717, 1.165) is 11.1 Å². The fourth-order valence-electron chi connectivity index (χ4n) is 2.24. The maximum atomic E-state index is 12.0. The zero-order chi connectivity index (χ0) is 16.1. The first-order chi connectivity index (χ1) is 10.5. The van der Waals surface area contributed by atoms with Crippen LogP contribution in [0.5, 0.6) is 0 Å². The van der Waals surface area contributed by atoms with Gasteiger partial charge in [0, 0.05) is 12.8 Å². The number of H-pyrrole nitrogens is 2. The molecule has 116 valence electrons. The van der Waals surface area contributed by atoms with Crippen LogP contribution in [0, 0.1) is 11.7 Å². The van der Waals surface area contributed by atoms with Gasteiger partial charge in [-0.3, -0.25) is 19.7 Å². The van der Waals surface area contributed by atoms with Crippen LogP contribution in [0.25, 0.3) is 0 Å². The van der Waals surface area contributed by atoms with E-state index in [1.54, 1.807) is 0 Å². The molecule has 0 bridgehead atoms. The van der Waals surface area contributed by atoms with Gasteiger partial charge in [-0.1, -0.05) is 24.3 Å². The summed E-state index contributed by atoms with van der Waals surface area (Å²) in [6, 6.07) is 7.82. The van der Waals surface area contributed by atoms with E-state index in [4.69, 9.17) is 12.2 Å². The molecule has 0 spiro atoms. The Kier molecular flexibility index (Phi) is 5.21. The summed E-state index contributed by atoms with van der Waals surface area (Å²) in [5.41, 5.74) is 2.12. The lowest BCUT2D eigenvalue weighted by molar-refractivity contribution is -0.121. The van der Waals surface area contributed by atoms with Gasteiger partial charge in [0.2, 0.25) is 5.91 Å². The molecule has 6 nitrogen and oxygen atoms in total. The van der Waals surface area contributed by atoms with E-state index in [1.807, 2.05) is 38.1 Å². The summed E-state index contributed by atoms with van der Waals surface area (Å²) in [5.74, 6) is -0.126. The van der Waals surface area contributed by atoms with Crippen LogP contribution >= 0.6 is 12.2 Å². The molecule has 1 aromatic heterocycles. The third-order valence-electron chi connectivity index (χ3n) is 3.40. The van der Waals surface area contributed by atoms with Crippen molar-refractivity contribution in [3.63, 3.8) is 0 Å². The Morgan fingerprint density at radius 1 is 1.41 bits per heavy atom. The highest BCUT2D eigenvalue weighted by molar-refractivity contribution is 7.71. The van der Waals surface area contributed by atoms with Crippen LogP contribution in [0.3, 0.4) is 0 Å². The van der Waals surface area contributed by atoms with E-state index >= 15 is 0 Å². The smallest absolute Gasteiger partial charge is 0.273 e. The van der Waals surface area contributed by atoms with Gasteiger partial charge >= 0.3 is 0 Å². The number of amides is 1. The zero-order valence-electron chi connectivity index (χ0n) is 12.5. The lowest BCUT2D eigenvalue weighted by atomic mass is 10.0. The van der Waals surface area contributed by atoms with Crippen molar-refractivity contribution < 1.29 is 4.79 Å². The Labute approximate surface area is 133 Å². The average Bonchev–Trinajstić information content (AvgIpc) is 2.46. The van der Waals surface area contributed by atoms with E-state index in [0.29, 0.717) is 0 Å². The molecule has 1 atom stereocenters. The van der Waals surface area contributed by atoms with Crippen LogP contribution in [-0.4, -0.2) is 21.1 Å². The lowest BCUT2D eigenvalue weighted by Gasteiger charge is -2.16. The van der Waals surface area contributed by atoms with Crippen LogP contribution < -0.4 is 10.9 Å². The van der Waals surface area contributed by atoms with Crippen molar-refractivity contribution in [3.8, 4) is 0 Å². The predicted molar refractivity (Wildman–Crippen MR) is 86.1 cm³/mol. The largest absolute Gasteiger partial charge is 0.350 e. The summed E-state index contributed by atoms with van der Waals surface area (Å²) >= 11 is 4.77. The van der Waals surface area contributed by atoms with Crippen LogP contribution in [0.1, 0.15) is 36.2 Å². The third-order valence-corrected chi connectivity index (χ3v) is 3.60. The fourth-order valence-corrected chi connectivity index (χ4v) is 2.38. The van der Waals surface area contributed by atoms with Gasteiger partial charge in [0.1, 0.15) is 5.69 Å². The summed E-state index contributed by atoms with van der Waals surface area (Å²) < 4.78 is 0.173. The summed E-state index contributed by atoms with van der Waals surface area (Å²) in [4.78, 5) is 26.1. The molecule has 0 fully saturated rings. The van der Waals surface area contributed by atoms with Crippen LogP contribution in [0.2, 0.25) is 0 Å². The van der Waals surface area contributed by atoms with Crippen LogP contribution in [0.4, 0.5) is 0 Å². The standard InChI is InChI=1S/C15H18N4O2S/c1-9-5-3-4-6-11(9)10(2)16-13(20)8-7-12-14(21)17-15(22)19-18-12/h3-6,10H,7-8H2,1-2H3,(H,16,20)(H2,17,19,21,22)/t10-/m1/s1. The normalized spacial score (nSPS) is 11.9. The molecule has 22 heavy (non-hydrogen) atoms. The average molecular weight is 318 g/mol. The molecular weight excluding hydrogens is 300 g/mol. The number of carbonyl (C=O) groups excluding carboxylic acids is 1. The van der Waals surface area contributed by atoms with Crippen molar-refractivity contribution in [3.05, 3.63) is 56.2 Å². The molecule has 0 aliphatic carbocycles. The first-order valence-electron chi connectivity index (χ1n) is 7.00. The van der Waals surface area contributed by atoms with Gasteiger partial charge in [-0.25, -0.2) is 0 Å². The molecule has 2 aromatic rings. The maximum Gasteiger partial charge on any atom is 0.273 e. The second-order valence-corrected chi connectivity index (χ2v) is 5.51. The summed E-state index contributed by atoms with van der Waals surface area (Å²) in [5, 5.41) is 9.29. The van der Waals surface area contributed by atoms with Crippen LogP contribution in [-0.2, 0) is 11.2 Å². The molecule has 0 saturated carbocycles. The molecule has 0 radical (unpaired) electrons. The number of benzene rings is 1. The number of nitrogens with zero attached hydrogens (tertiary/aromatic N) is 1. The Morgan fingerprint density at radius 3 is 2.82 bits per heavy atom. The molecule has 0 unspecified atom stereocenters. The van der Waals surface area contributed by atoms with Crippen molar-refractivity contribution in [2.45, 2.75) is 32.7 Å². The van der Waals surface area contributed by atoms with E-state index in [1.165, 1.54) is 0 Å². The molecule has 1 heterocycles. The van der Waals surface area contributed by atoms with E-state index in [9.17, 15) is 9.59 Å². The fraction of sp³-hybridized carbons (Fsp3) is 0.333. The first-order valence-corrected chi connectivity index (χ1v) is 7.41. The highest BCUT2D eigenvalue weighted by Gasteiger charge is 2.12. The monoisotopic (exact) mass is 318 g/mol. The van der Waals surface area contributed by atoms with Gasteiger partial charge in [0.25, 0.3) is 5.56 Å². The SMILES string of the molecule is Cc1ccccc1[C@@H](C)NC(=O)CCc1n[nH]c(=S)[nH]c1=O. The minimum Gasteiger partial charge on any atom is -0.350 e. The Bertz CT molecular complexity index is 781. The summed E-state index contributed by atoms with van der Waals surface area (Å²) in [7, 11) is 0. The highest BCUT2D eigenvalue weighted by Crippen LogP contribution is 2.16. The summed E-state index contributed by atoms with van der Waals surface area (Å²) in [6.45, 7) is 3.94. The minimum atomic E-state index is -0.358. The maximum absolute atomic E-state index is 12.0. The molecule has 2 rings (SSSR count). The van der Waals surface area contributed by atoms with Gasteiger partial charge in [-0.15, -0.1) is 0 Å². The molecule has 0 saturated heterocycles. The van der Waals surface area contributed by atoms with Crippen molar-refractivity contribution in [2.24, 2.45) is 0 Å². The quantitative estimate of drug-likeness (QED) is 0.735. The highest BCUT2D eigenvalue weighted by atomic mass is 32.1. The van der Waals surface area contributed by atoms with Gasteiger partial charge in [0.05, 0.1) is 6.04 Å². The van der Waals surface area contributed by atoms with Crippen molar-refractivity contribution in [2.75, 3.05) is 0 Å². The second-order valence-electron chi connectivity index (χ2n) is 5.10. The first kappa shape index (κ1) is 16.1. The van der Waals surface area contributed by atoms with Crippen molar-refractivity contribution >= 4 is 18.1 Å². The van der Waals surface area contributed by atoms with Gasteiger partial charge in [-0.2, -0.15) is 5.10 Å². The van der Waals surface area contributed by atoms with Gasteiger partial charge in [-0.05, 0) is 37.2 Å². The molecule has 0 aliphatic heterocycles. The van der Waals surface area contributed by atoms with Gasteiger partial charge < -0.3 is 5.32 Å². The van der Waals surface area contributed by atoms with Crippen molar-refractivity contribution in [1.29, 1.82) is 0 Å². The number of aryl methyl sites for hydroxylation is 2. The molecule has 1 aromatic carbocycles. The lowest BCUT2D eigenvalue weighted by Crippen LogP contribution is -2.28. The number of aromatic nitrogens is 3. The topological polar surface area (TPSA) is 90.6 Å². The molecule has 1 amide bonds. The zero-order valence-corrected chi connectivity index (χ0v) is 13.3. The third kappa shape index (κ3) is 4.11. The van der Waals surface area contributed by atoms with Crippen LogP contribution in [0.15, 0.2) is 29.1 Å². The number of hydrogen-bond acceptors (Lipinski definition) is 4.